The van der Waals surface area contributed by atoms with E-state index in [0.717, 1.165) is 18.5 Å². The molecule has 0 radical (unpaired) electrons. The lowest BCUT2D eigenvalue weighted by molar-refractivity contribution is -0.132. The largest absolute Gasteiger partial charge is 0.338 e. The minimum absolute atomic E-state index is 0.140. The van der Waals surface area contributed by atoms with Gasteiger partial charge in [-0.2, -0.15) is 0 Å². The maximum Gasteiger partial charge on any atom is 0.240 e. The lowest BCUT2D eigenvalue weighted by atomic mass is 9.99. The summed E-state index contributed by atoms with van der Waals surface area (Å²) in [5.74, 6) is 0.140. The molecule has 0 spiro atoms. The molecule has 25 heavy (non-hydrogen) atoms. The standard InChI is InChI=1S/C19H22N2O3S/c1-20-25(23,24)18-9-6-15(7-10-18)8-11-19(22)21-13-12-16-4-2-3-5-17(16)14-21/h2-7,9-10,20H,8,11-14H2,1H3. The van der Waals surface area contributed by atoms with Crippen LogP contribution in [0.25, 0.3) is 0 Å². The van der Waals surface area contributed by atoms with Crippen molar-refractivity contribution in [2.45, 2.75) is 30.7 Å². The van der Waals surface area contributed by atoms with Crippen molar-refractivity contribution in [3.05, 3.63) is 65.2 Å². The van der Waals surface area contributed by atoms with Crippen LogP contribution in [0.1, 0.15) is 23.1 Å². The first kappa shape index (κ1) is 17.6. The monoisotopic (exact) mass is 358 g/mol. The lowest BCUT2D eigenvalue weighted by Gasteiger charge is -2.29. The zero-order chi connectivity index (χ0) is 17.9. The molecule has 0 unspecified atom stereocenters. The Kier molecular flexibility index (Phi) is 5.20. The Labute approximate surface area is 148 Å². The third kappa shape index (κ3) is 4.08. The Balaban J connectivity index is 1.58. The molecule has 6 heteroatoms. The summed E-state index contributed by atoms with van der Waals surface area (Å²) in [5.41, 5.74) is 3.51. The number of amides is 1. The summed E-state index contributed by atoms with van der Waals surface area (Å²) in [6, 6.07) is 14.9. The van der Waals surface area contributed by atoms with Gasteiger partial charge in [0.2, 0.25) is 15.9 Å². The number of nitrogens with zero attached hydrogens (tertiary/aromatic N) is 1. The molecule has 0 fully saturated rings. The molecule has 0 aromatic heterocycles. The summed E-state index contributed by atoms with van der Waals surface area (Å²) in [4.78, 5) is 14.6. The molecule has 1 N–H and O–H groups in total. The highest BCUT2D eigenvalue weighted by Gasteiger charge is 2.20. The highest BCUT2D eigenvalue weighted by Crippen LogP contribution is 2.19. The smallest absolute Gasteiger partial charge is 0.240 e. The average molecular weight is 358 g/mol. The van der Waals surface area contributed by atoms with Crippen LogP contribution in [0.4, 0.5) is 0 Å². The van der Waals surface area contributed by atoms with E-state index in [1.807, 2.05) is 17.0 Å². The van der Waals surface area contributed by atoms with Gasteiger partial charge in [-0.15, -0.1) is 0 Å². The molecule has 5 nitrogen and oxygen atoms in total. The quantitative estimate of drug-likeness (QED) is 0.890. The van der Waals surface area contributed by atoms with E-state index >= 15 is 0 Å². The number of hydrogen-bond donors (Lipinski definition) is 1. The topological polar surface area (TPSA) is 66.5 Å². The Morgan fingerprint density at radius 1 is 1.08 bits per heavy atom. The predicted molar refractivity (Wildman–Crippen MR) is 96.6 cm³/mol. The van der Waals surface area contributed by atoms with Crippen LogP contribution in [0.2, 0.25) is 0 Å². The second-order valence-electron chi connectivity index (χ2n) is 6.19. The summed E-state index contributed by atoms with van der Waals surface area (Å²) in [7, 11) is -2.03. The molecule has 2 aromatic carbocycles. The van der Waals surface area contributed by atoms with Gasteiger partial charge >= 0.3 is 0 Å². The fourth-order valence-corrected chi connectivity index (χ4v) is 3.80. The van der Waals surface area contributed by atoms with Crippen molar-refractivity contribution in [2.75, 3.05) is 13.6 Å². The molecule has 132 valence electrons. The highest BCUT2D eigenvalue weighted by molar-refractivity contribution is 7.89. The van der Waals surface area contributed by atoms with Crippen LogP contribution in [-0.4, -0.2) is 32.8 Å². The van der Waals surface area contributed by atoms with Crippen LogP contribution in [0.15, 0.2) is 53.4 Å². The van der Waals surface area contributed by atoms with Crippen LogP contribution in [0.3, 0.4) is 0 Å². The predicted octanol–water partition coefficient (Wildman–Crippen LogP) is 2.11. The Morgan fingerprint density at radius 3 is 2.44 bits per heavy atom. The lowest BCUT2D eigenvalue weighted by Crippen LogP contribution is -2.36. The van der Waals surface area contributed by atoms with E-state index in [1.165, 1.54) is 18.2 Å². The average Bonchev–Trinajstić information content (AvgIpc) is 2.66. The molecule has 1 heterocycles. The van der Waals surface area contributed by atoms with Gasteiger partial charge in [-0.1, -0.05) is 36.4 Å². The molecule has 1 amide bonds. The second kappa shape index (κ2) is 7.37. The Morgan fingerprint density at radius 2 is 1.76 bits per heavy atom. The maximum atomic E-state index is 12.5. The third-order valence-electron chi connectivity index (χ3n) is 4.61. The van der Waals surface area contributed by atoms with Gasteiger partial charge in [0.15, 0.2) is 0 Å². The molecular formula is C19H22N2O3S. The zero-order valence-corrected chi connectivity index (χ0v) is 15.1. The van der Waals surface area contributed by atoms with Crippen LogP contribution >= 0.6 is 0 Å². The van der Waals surface area contributed by atoms with E-state index < -0.39 is 10.0 Å². The Bertz CT molecular complexity index is 860. The molecular weight excluding hydrogens is 336 g/mol. The number of hydrogen-bond acceptors (Lipinski definition) is 3. The van der Waals surface area contributed by atoms with Gasteiger partial charge in [0, 0.05) is 19.5 Å². The van der Waals surface area contributed by atoms with Crippen molar-refractivity contribution >= 4 is 15.9 Å². The van der Waals surface area contributed by atoms with Gasteiger partial charge < -0.3 is 4.90 Å². The first-order valence-corrected chi connectivity index (χ1v) is 9.85. The van der Waals surface area contributed by atoms with Gasteiger partial charge in [0.25, 0.3) is 0 Å². The van der Waals surface area contributed by atoms with E-state index in [0.29, 0.717) is 19.4 Å². The molecule has 0 saturated carbocycles. The molecule has 2 aromatic rings. The molecule has 1 aliphatic rings. The third-order valence-corrected chi connectivity index (χ3v) is 6.04. The number of rotatable bonds is 5. The van der Waals surface area contributed by atoms with Crippen molar-refractivity contribution < 1.29 is 13.2 Å². The summed E-state index contributed by atoms with van der Waals surface area (Å²) in [5, 5.41) is 0. The van der Waals surface area contributed by atoms with E-state index in [2.05, 4.69) is 16.9 Å². The number of nitrogens with one attached hydrogen (secondary N) is 1. The second-order valence-corrected chi connectivity index (χ2v) is 8.07. The van der Waals surface area contributed by atoms with Crippen LogP contribution < -0.4 is 4.72 Å². The van der Waals surface area contributed by atoms with Gasteiger partial charge in [-0.25, -0.2) is 13.1 Å². The summed E-state index contributed by atoms with van der Waals surface area (Å²) in [6.45, 7) is 1.43. The normalized spacial score (nSPS) is 14.2. The van der Waals surface area contributed by atoms with Crippen molar-refractivity contribution in [3.63, 3.8) is 0 Å². The van der Waals surface area contributed by atoms with Crippen molar-refractivity contribution in [1.29, 1.82) is 0 Å². The van der Waals surface area contributed by atoms with E-state index in [4.69, 9.17) is 0 Å². The van der Waals surface area contributed by atoms with Crippen molar-refractivity contribution in [3.8, 4) is 0 Å². The minimum atomic E-state index is -3.42. The van der Waals surface area contributed by atoms with Crippen molar-refractivity contribution in [2.24, 2.45) is 0 Å². The maximum absolute atomic E-state index is 12.5. The first-order valence-electron chi connectivity index (χ1n) is 8.36. The highest BCUT2D eigenvalue weighted by atomic mass is 32.2. The summed E-state index contributed by atoms with van der Waals surface area (Å²) < 4.78 is 25.7. The number of carbonyl (C=O) groups excluding carboxylic acids is 1. The number of benzene rings is 2. The minimum Gasteiger partial charge on any atom is -0.338 e. The van der Waals surface area contributed by atoms with E-state index in [9.17, 15) is 13.2 Å². The van der Waals surface area contributed by atoms with Gasteiger partial charge in [0.1, 0.15) is 0 Å². The van der Waals surface area contributed by atoms with E-state index in [-0.39, 0.29) is 10.8 Å². The number of fused-ring (bicyclic) bond motifs is 1. The number of carbonyl (C=O) groups is 1. The fraction of sp³-hybridized carbons (Fsp3) is 0.316. The van der Waals surface area contributed by atoms with E-state index in [1.54, 1.807) is 24.3 Å². The van der Waals surface area contributed by atoms with Crippen LogP contribution in [-0.2, 0) is 34.2 Å². The zero-order valence-electron chi connectivity index (χ0n) is 14.2. The number of sulfonamides is 1. The first-order chi connectivity index (χ1) is 12.0. The van der Waals surface area contributed by atoms with Gasteiger partial charge in [-0.3, -0.25) is 4.79 Å². The molecule has 0 atom stereocenters. The van der Waals surface area contributed by atoms with Gasteiger partial charge in [0.05, 0.1) is 4.90 Å². The summed E-state index contributed by atoms with van der Waals surface area (Å²) >= 11 is 0. The number of aryl methyl sites for hydroxylation is 1. The molecule has 0 aliphatic carbocycles. The van der Waals surface area contributed by atoms with Crippen molar-refractivity contribution in [1.82, 2.24) is 9.62 Å². The summed E-state index contributed by atoms with van der Waals surface area (Å²) in [6.07, 6.45) is 1.94. The Hall–Kier alpha value is -2.18. The van der Waals surface area contributed by atoms with Crippen LogP contribution in [0, 0.1) is 0 Å². The molecule has 1 aliphatic heterocycles. The SMILES string of the molecule is CNS(=O)(=O)c1ccc(CCC(=O)N2CCc3ccccc3C2)cc1. The fourth-order valence-electron chi connectivity index (χ4n) is 3.07. The molecule has 0 saturated heterocycles. The van der Waals surface area contributed by atoms with Crippen LogP contribution in [0.5, 0.6) is 0 Å². The van der Waals surface area contributed by atoms with Gasteiger partial charge in [-0.05, 0) is 48.7 Å². The molecule has 3 rings (SSSR count). The molecule has 0 bridgehead atoms.